The maximum Gasteiger partial charge on any atom is 0.230 e. The van der Waals surface area contributed by atoms with E-state index in [1.807, 2.05) is 0 Å². The van der Waals surface area contributed by atoms with Gasteiger partial charge in [0, 0.05) is 6.42 Å². The molecule has 3 N–H and O–H groups in total. The van der Waals surface area contributed by atoms with Crippen molar-refractivity contribution < 1.29 is 29.7 Å². The summed E-state index contributed by atoms with van der Waals surface area (Å²) in [6, 6.07) is 0. The van der Waals surface area contributed by atoms with Crippen molar-refractivity contribution in [3.8, 4) is 0 Å². The zero-order valence-corrected chi connectivity index (χ0v) is 21.9. The van der Waals surface area contributed by atoms with E-state index in [1.165, 1.54) is 57.8 Å². The van der Waals surface area contributed by atoms with Crippen LogP contribution in [0.25, 0.3) is 0 Å². The first kappa shape index (κ1) is 32.9. The number of Topliss-reactive ketones (excluding diaryl/α,β-unsaturated/α-hetero) is 3. The summed E-state index contributed by atoms with van der Waals surface area (Å²) < 4.78 is 0. The van der Waals surface area contributed by atoms with Gasteiger partial charge in [0.1, 0.15) is 18.0 Å². The van der Waals surface area contributed by atoms with Crippen molar-refractivity contribution in [2.75, 3.05) is 6.61 Å². The van der Waals surface area contributed by atoms with Gasteiger partial charge in [-0.3, -0.25) is 14.4 Å². The van der Waals surface area contributed by atoms with Gasteiger partial charge in [0.15, 0.2) is 0 Å². The second-order valence-corrected chi connectivity index (χ2v) is 9.78. The lowest BCUT2D eigenvalue weighted by molar-refractivity contribution is -0.150. The molecule has 0 aliphatic carbocycles. The average molecular weight is 485 g/mol. The Balaban J connectivity index is 4.27. The van der Waals surface area contributed by atoms with Crippen LogP contribution < -0.4 is 0 Å². The molecule has 0 saturated heterocycles. The molecule has 0 radical (unpaired) electrons. The molecule has 0 amide bonds. The van der Waals surface area contributed by atoms with Crippen LogP contribution in [0.2, 0.25) is 0 Å². The first-order valence-electron chi connectivity index (χ1n) is 14.0. The lowest BCUT2D eigenvalue weighted by atomic mass is 9.86. The lowest BCUT2D eigenvalue weighted by Gasteiger charge is -2.18. The first-order valence-corrected chi connectivity index (χ1v) is 14.0. The minimum Gasteiger partial charge on any atom is -0.394 e. The number of ketones is 3. The van der Waals surface area contributed by atoms with E-state index >= 15 is 0 Å². The Labute approximate surface area is 207 Å². The summed E-state index contributed by atoms with van der Waals surface area (Å²) in [5.74, 6) is -3.41. The Hall–Kier alpha value is -1.11. The third kappa shape index (κ3) is 15.7. The number of carbonyl (C=O) groups is 3. The van der Waals surface area contributed by atoms with Gasteiger partial charge in [-0.1, -0.05) is 117 Å². The Kier molecular flexibility index (Phi) is 21.6. The van der Waals surface area contributed by atoms with Gasteiger partial charge in [-0.15, -0.1) is 0 Å². The smallest absolute Gasteiger partial charge is 0.230 e. The summed E-state index contributed by atoms with van der Waals surface area (Å²) in [5, 5.41) is 28.2. The average Bonchev–Trinajstić information content (AvgIpc) is 2.84. The number of hydrogen-bond donors (Lipinski definition) is 3. The first-order chi connectivity index (χ1) is 16.4. The van der Waals surface area contributed by atoms with E-state index in [2.05, 4.69) is 13.8 Å². The molecule has 3 unspecified atom stereocenters. The van der Waals surface area contributed by atoms with Crippen molar-refractivity contribution in [3.05, 3.63) is 0 Å². The van der Waals surface area contributed by atoms with Gasteiger partial charge < -0.3 is 15.3 Å². The van der Waals surface area contributed by atoms with Gasteiger partial charge in [-0.25, -0.2) is 0 Å². The molecule has 0 heterocycles. The van der Waals surface area contributed by atoms with Crippen molar-refractivity contribution in [2.45, 2.75) is 148 Å². The topological polar surface area (TPSA) is 112 Å². The number of unbranched alkanes of at least 4 members (excludes halogenated alkanes) is 15. The number of hydrogen-bond acceptors (Lipinski definition) is 6. The second kappa shape index (κ2) is 22.4. The lowest BCUT2D eigenvalue weighted by Crippen LogP contribution is -2.43. The molecule has 0 aromatic rings. The van der Waals surface area contributed by atoms with Crippen LogP contribution >= 0.6 is 0 Å². The summed E-state index contributed by atoms with van der Waals surface area (Å²) in [7, 11) is 0. The van der Waals surface area contributed by atoms with Crippen LogP contribution in [-0.4, -0.2) is 51.5 Å². The third-order valence-corrected chi connectivity index (χ3v) is 6.64. The highest BCUT2D eigenvalue weighted by Gasteiger charge is 2.36. The SMILES string of the molecule is CCCCCCCCCCCCCCCC(=O)C(CCCCCC)C(=O)C(=O)C(O)C(O)CO. The molecule has 6 heteroatoms. The standard InChI is InChI=1S/C28H52O6/c1-3-5-7-9-10-11-12-13-14-15-16-17-19-21-24(30)23(20-18-8-6-4-2)26(32)28(34)27(33)25(31)22-29/h23,25,27,29,31,33H,3-22H2,1-2H3. The van der Waals surface area contributed by atoms with Crippen LogP contribution in [0, 0.1) is 5.92 Å². The van der Waals surface area contributed by atoms with Crippen molar-refractivity contribution in [1.29, 1.82) is 0 Å². The summed E-state index contributed by atoms with van der Waals surface area (Å²) >= 11 is 0. The monoisotopic (exact) mass is 484 g/mol. The van der Waals surface area contributed by atoms with Crippen molar-refractivity contribution in [1.82, 2.24) is 0 Å². The largest absolute Gasteiger partial charge is 0.394 e. The van der Waals surface area contributed by atoms with E-state index in [4.69, 9.17) is 5.11 Å². The predicted octanol–water partition coefficient (Wildman–Crippen LogP) is 5.48. The van der Waals surface area contributed by atoms with Crippen LogP contribution in [-0.2, 0) is 14.4 Å². The van der Waals surface area contributed by atoms with Gasteiger partial charge in [-0.05, 0) is 12.8 Å². The maximum atomic E-state index is 12.7. The number of rotatable bonds is 25. The molecule has 0 bridgehead atoms. The molecule has 0 fully saturated rings. The molecular weight excluding hydrogens is 432 g/mol. The fourth-order valence-electron chi connectivity index (χ4n) is 4.30. The Bertz CT molecular complexity index is 533. The Morgan fingerprint density at radius 3 is 1.44 bits per heavy atom. The molecule has 0 aliphatic heterocycles. The van der Waals surface area contributed by atoms with Gasteiger partial charge in [0.2, 0.25) is 11.6 Å². The molecule has 0 aromatic carbocycles. The zero-order chi connectivity index (χ0) is 25.6. The maximum absolute atomic E-state index is 12.7. The summed E-state index contributed by atoms with van der Waals surface area (Å²) in [6.45, 7) is 3.48. The molecule has 0 aliphatic rings. The van der Waals surface area contributed by atoms with E-state index in [0.29, 0.717) is 19.3 Å². The Morgan fingerprint density at radius 2 is 1.00 bits per heavy atom. The third-order valence-electron chi connectivity index (χ3n) is 6.64. The number of aliphatic hydroxyl groups is 3. The molecule has 6 nitrogen and oxygen atoms in total. The molecular formula is C28H52O6. The highest BCUT2D eigenvalue weighted by Crippen LogP contribution is 2.19. The fraction of sp³-hybridized carbons (Fsp3) is 0.893. The molecule has 0 rings (SSSR count). The normalized spacial score (nSPS) is 14.0. The van der Waals surface area contributed by atoms with Crippen LogP contribution in [0.15, 0.2) is 0 Å². The van der Waals surface area contributed by atoms with Gasteiger partial charge in [-0.2, -0.15) is 0 Å². The van der Waals surface area contributed by atoms with Crippen LogP contribution in [0.4, 0.5) is 0 Å². The minimum atomic E-state index is -1.99. The molecule has 200 valence electrons. The number of aliphatic hydroxyl groups excluding tert-OH is 3. The predicted molar refractivity (Wildman–Crippen MR) is 137 cm³/mol. The van der Waals surface area contributed by atoms with E-state index in [0.717, 1.165) is 38.5 Å². The molecule has 0 saturated carbocycles. The van der Waals surface area contributed by atoms with Crippen LogP contribution in [0.3, 0.4) is 0 Å². The summed E-state index contributed by atoms with van der Waals surface area (Å²) in [4.78, 5) is 37.6. The molecule has 0 aromatic heterocycles. The van der Waals surface area contributed by atoms with Gasteiger partial charge in [0.25, 0.3) is 0 Å². The highest BCUT2D eigenvalue weighted by molar-refractivity contribution is 6.42. The highest BCUT2D eigenvalue weighted by atomic mass is 16.4. The summed E-state index contributed by atoms with van der Waals surface area (Å²) in [5.41, 5.74) is 0. The van der Waals surface area contributed by atoms with E-state index in [-0.39, 0.29) is 12.2 Å². The Morgan fingerprint density at radius 1 is 0.588 bits per heavy atom. The zero-order valence-electron chi connectivity index (χ0n) is 21.9. The van der Waals surface area contributed by atoms with E-state index < -0.39 is 36.3 Å². The second-order valence-electron chi connectivity index (χ2n) is 9.78. The molecule has 0 spiro atoms. The molecule has 3 atom stereocenters. The quantitative estimate of drug-likeness (QED) is 0.0899. The van der Waals surface area contributed by atoms with Crippen molar-refractivity contribution in [3.63, 3.8) is 0 Å². The number of carbonyl (C=O) groups excluding carboxylic acids is 3. The van der Waals surface area contributed by atoms with Gasteiger partial charge >= 0.3 is 0 Å². The van der Waals surface area contributed by atoms with E-state index in [9.17, 15) is 24.6 Å². The van der Waals surface area contributed by atoms with Gasteiger partial charge in [0.05, 0.1) is 12.5 Å². The van der Waals surface area contributed by atoms with Crippen LogP contribution in [0.5, 0.6) is 0 Å². The fourth-order valence-corrected chi connectivity index (χ4v) is 4.30. The van der Waals surface area contributed by atoms with E-state index in [1.54, 1.807) is 0 Å². The van der Waals surface area contributed by atoms with Crippen molar-refractivity contribution >= 4 is 17.3 Å². The van der Waals surface area contributed by atoms with Crippen molar-refractivity contribution in [2.24, 2.45) is 5.92 Å². The summed E-state index contributed by atoms with van der Waals surface area (Å²) in [6.07, 6.45) is 16.1. The molecule has 34 heavy (non-hydrogen) atoms. The van der Waals surface area contributed by atoms with Crippen LogP contribution in [0.1, 0.15) is 136 Å². The minimum absolute atomic E-state index is 0.247.